The van der Waals surface area contributed by atoms with Crippen molar-refractivity contribution < 1.29 is 4.79 Å². The maximum Gasteiger partial charge on any atom is 0.214 e. The minimum atomic E-state index is -0.0736. The van der Waals surface area contributed by atoms with Gasteiger partial charge < -0.3 is 0 Å². The molecular formula is C13H8N2OS. The van der Waals surface area contributed by atoms with Gasteiger partial charge in [-0.05, 0) is 22.3 Å². The molecule has 0 saturated carbocycles. The molecule has 0 spiro atoms. The molecule has 17 heavy (non-hydrogen) atoms. The van der Waals surface area contributed by atoms with E-state index in [1.807, 2.05) is 42.5 Å². The predicted octanol–water partition coefficient (Wildman–Crippen LogP) is 2.92. The van der Waals surface area contributed by atoms with Crippen molar-refractivity contribution in [1.29, 1.82) is 0 Å². The molecule has 0 unspecified atom stereocenters. The second-order valence-electron chi connectivity index (χ2n) is 3.65. The van der Waals surface area contributed by atoms with E-state index in [0.29, 0.717) is 11.3 Å². The molecule has 2 aromatic carbocycles. The van der Waals surface area contributed by atoms with Crippen LogP contribution in [0.2, 0.25) is 0 Å². The summed E-state index contributed by atoms with van der Waals surface area (Å²) >= 11 is 1.19. The van der Waals surface area contributed by atoms with Crippen molar-refractivity contribution in [2.45, 2.75) is 0 Å². The molecule has 3 aromatic rings. The summed E-state index contributed by atoms with van der Waals surface area (Å²) in [5.74, 6) is -0.0736. The molecule has 0 atom stereocenters. The summed E-state index contributed by atoms with van der Waals surface area (Å²) in [6, 6.07) is 13.5. The smallest absolute Gasteiger partial charge is 0.214 e. The van der Waals surface area contributed by atoms with E-state index < -0.39 is 0 Å². The number of aromatic nitrogens is 2. The minimum Gasteiger partial charge on any atom is -0.287 e. The largest absolute Gasteiger partial charge is 0.287 e. The van der Waals surface area contributed by atoms with Crippen molar-refractivity contribution in [3.63, 3.8) is 0 Å². The maximum absolute atomic E-state index is 12.2. The average molecular weight is 240 g/mol. The highest BCUT2D eigenvalue weighted by atomic mass is 32.1. The van der Waals surface area contributed by atoms with E-state index in [2.05, 4.69) is 9.59 Å². The van der Waals surface area contributed by atoms with Gasteiger partial charge in [-0.1, -0.05) is 47.0 Å². The van der Waals surface area contributed by atoms with Crippen LogP contribution in [0, 0.1) is 0 Å². The highest BCUT2D eigenvalue weighted by Crippen LogP contribution is 2.20. The van der Waals surface area contributed by atoms with Gasteiger partial charge in [0.1, 0.15) is 5.69 Å². The Morgan fingerprint density at radius 1 is 1.06 bits per heavy atom. The number of hydrogen-bond donors (Lipinski definition) is 0. The van der Waals surface area contributed by atoms with Gasteiger partial charge >= 0.3 is 0 Å². The Balaban J connectivity index is 2.21. The third-order valence-electron chi connectivity index (χ3n) is 2.63. The van der Waals surface area contributed by atoms with E-state index in [1.54, 1.807) is 5.38 Å². The molecule has 0 radical (unpaired) electrons. The van der Waals surface area contributed by atoms with Crippen molar-refractivity contribution in [2.75, 3.05) is 0 Å². The van der Waals surface area contributed by atoms with Crippen LogP contribution >= 0.6 is 11.5 Å². The summed E-state index contributed by atoms with van der Waals surface area (Å²) < 4.78 is 3.72. The second kappa shape index (κ2) is 4.07. The number of hydrogen-bond acceptors (Lipinski definition) is 4. The van der Waals surface area contributed by atoms with Crippen LogP contribution in [0.3, 0.4) is 0 Å². The lowest BCUT2D eigenvalue weighted by molar-refractivity contribution is 0.103. The lowest BCUT2D eigenvalue weighted by Gasteiger charge is -2.03. The second-order valence-corrected chi connectivity index (χ2v) is 4.26. The van der Waals surface area contributed by atoms with E-state index in [0.717, 1.165) is 10.8 Å². The Kier molecular flexibility index (Phi) is 2.42. The molecule has 0 aliphatic carbocycles. The fraction of sp³-hybridized carbons (Fsp3) is 0. The molecule has 1 aromatic heterocycles. The standard InChI is InChI=1S/C13H8N2OS/c16-13(12-8-17-15-14-12)11-7-3-5-9-4-1-2-6-10(9)11/h1-8H. The van der Waals surface area contributed by atoms with Crippen molar-refractivity contribution in [3.8, 4) is 0 Å². The molecule has 82 valence electrons. The topological polar surface area (TPSA) is 42.9 Å². The first-order valence-corrected chi connectivity index (χ1v) is 5.99. The van der Waals surface area contributed by atoms with Gasteiger partial charge in [0.25, 0.3) is 0 Å². The zero-order valence-corrected chi connectivity index (χ0v) is 9.65. The van der Waals surface area contributed by atoms with Crippen LogP contribution in [-0.4, -0.2) is 15.4 Å². The number of carbonyl (C=O) groups excluding carboxylic acids is 1. The zero-order chi connectivity index (χ0) is 11.7. The van der Waals surface area contributed by atoms with Crippen molar-refractivity contribution in [3.05, 3.63) is 59.1 Å². The first-order valence-electron chi connectivity index (χ1n) is 5.16. The zero-order valence-electron chi connectivity index (χ0n) is 8.83. The monoisotopic (exact) mass is 240 g/mol. The van der Waals surface area contributed by atoms with Crippen molar-refractivity contribution >= 4 is 28.1 Å². The Hall–Kier alpha value is -2.07. The van der Waals surface area contributed by atoms with E-state index >= 15 is 0 Å². The highest BCUT2D eigenvalue weighted by molar-refractivity contribution is 7.03. The van der Waals surface area contributed by atoms with Crippen LogP contribution in [0.5, 0.6) is 0 Å². The number of benzene rings is 2. The third-order valence-corrected chi connectivity index (χ3v) is 3.13. The van der Waals surface area contributed by atoms with Gasteiger partial charge in [-0.25, -0.2) is 0 Å². The maximum atomic E-state index is 12.2. The van der Waals surface area contributed by atoms with Gasteiger partial charge in [-0.15, -0.1) is 5.10 Å². The normalized spacial score (nSPS) is 10.6. The van der Waals surface area contributed by atoms with E-state index in [9.17, 15) is 4.79 Å². The number of carbonyl (C=O) groups is 1. The summed E-state index contributed by atoms with van der Waals surface area (Å²) in [4.78, 5) is 12.2. The predicted molar refractivity (Wildman–Crippen MR) is 67.3 cm³/mol. The average Bonchev–Trinajstić information content (AvgIpc) is 2.91. The molecular weight excluding hydrogens is 232 g/mol. The molecule has 0 aliphatic heterocycles. The van der Waals surface area contributed by atoms with Crippen LogP contribution in [0.15, 0.2) is 47.8 Å². The first kappa shape index (κ1) is 10.1. The fourth-order valence-corrected chi connectivity index (χ4v) is 2.26. The lowest BCUT2D eigenvalue weighted by atomic mass is 10.0. The lowest BCUT2D eigenvalue weighted by Crippen LogP contribution is -2.02. The Morgan fingerprint density at radius 2 is 1.88 bits per heavy atom. The SMILES string of the molecule is O=C(c1csnn1)c1cccc2ccccc12. The van der Waals surface area contributed by atoms with Crippen LogP contribution < -0.4 is 0 Å². The molecule has 0 aliphatic rings. The Morgan fingerprint density at radius 3 is 2.71 bits per heavy atom. The minimum absolute atomic E-state index is 0.0736. The van der Waals surface area contributed by atoms with Gasteiger partial charge in [0.05, 0.1) is 0 Å². The van der Waals surface area contributed by atoms with Crippen LogP contribution in [0.4, 0.5) is 0 Å². The summed E-state index contributed by atoms with van der Waals surface area (Å²) in [5.41, 5.74) is 1.09. The molecule has 1 heterocycles. The molecule has 0 bridgehead atoms. The Bertz CT molecular complexity index is 671. The van der Waals surface area contributed by atoms with Gasteiger partial charge in [-0.2, -0.15) is 0 Å². The first-order chi connectivity index (χ1) is 8.36. The van der Waals surface area contributed by atoms with Crippen molar-refractivity contribution in [2.24, 2.45) is 0 Å². The van der Waals surface area contributed by atoms with E-state index in [4.69, 9.17) is 0 Å². The van der Waals surface area contributed by atoms with E-state index in [1.165, 1.54) is 11.5 Å². The quantitative estimate of drug-likeness (QED) is 0.647. The number of fused-ring (bicyclic) bond motifs is 1. The van der Waals surface area contributed by atoms with Gasteiger partial charge in [-0.3, -0.25) is 4.79 Å². The third kappa shape index (κ3) is 1.72. The van der Waals surface area contributed by atoms with Gasteiger partial charge in [0.15, 0.2) is 0 Å². The number of ketones is 1. The molecule has 4 heteroatoms. The van der Waals surface area contributed by atoms with Crippen LogP contribution in [-0.2, 0) is 0 Å². The molecule has 0 amide bonds. The number of rotatable bonds is 2. The van der Waals surface area contributed by atoms with Gasteiger partial charge in [0.2, 0.25) is 5.78 Å². The summed E-state index contributed by atoms with van der Waals surface area (Å²) in [7, 11) is 0. The molecule has 3 rings (SSSR count). The number of nitrogens with zero attached hydrogens (tertiary/aromatic N) is 2. The fourth-order valence-electron chi connectivity index (χ4n) is 1.82. The highest BCUT2D eigenvalue weighted by Gasteiger charge is 2.14. The summed E-state index contributed by atoms with van der Waals surface area (Å²) in [5, 5.41) is 7.50. The molecule has 0 fully saturated rings. The van der Waals surface area contributed by atoms with Gasteiger partial charge in [0, 0.05) is 10.9 Å². The van der Waals surface area contributed by atoms with E-state index in [-0.39, 0.29) is 5.78 Å². The molecule has 3 nitrogen and oxygen atoms in total. The molecule has 0 saturated heterocycles. The summed E-state index contributed by atoms with van der Waals surface area (Å²) in [6.45, 7) is 0. The Labute approximate surface area is 102 Å². The summed E-state index contributed by atoms with van der Waals surface area (Å²) in [6.07, 6.45) is 0. The molecule has 0 N–H and O–H groups in total. The van der Waals surface area contributed by atoms with Crippen LogP contribution in [0.25, 0.3) is 10.8 Å². The van der Waals surface area contributed by atoms with Crippen molar-refractivity contribution in [1.82, 2.24) is 9.59 Å². The van der Waals surface area contributed by atoms with Crippen LogP contribution in [0.1, 0.15) is 16.1 Å².